The lowest BCUT2D eigenvalue weighted by atomic mass is 10.1. The Labute approximate surface area is 144 Å². The molecule has 2 N–H and O–H groups in total. The predicted molar refractivity (Wildman–Crippen MR) is 82.2 cm³/mol. The Morgan fingerprint density at radius 1 is 1.65 bits per heavy atom. The number of aromatic amines is 1. The lowest BCUT2D eigenvalue weighted by Gasteiger charge is -2.08. The lowest BCUT2D eigenvalue weighted by molar-refractivity contribution is 0.414. The SMILES string of the molecule is [2H]c1c(C([2H])([2H])S(=O)(=O)N([2H])C([2H])([2H])[2H])c([2H])c2c(C([2H])([2H])C([2H])([2H])N(C)C([2H])([2H])[2H])cn([2H])c2c1[2H]. The summed E-state index contributed by atoms with van der Waals surface area (Å²) in [4.78, 5) is 0.315. The minimum Gasteiger partial charge on any atom is -0.361 e. The molecule has 2 aromatic rings. The van der Waals surface area contributed by atoms with Gasteiger partial charge in [-0.15, -0.1) is 0 Å². The maximum absolute atomic E-state index is 12.7. The number of H-pyrrole nitrogens is 1. The zero-order valence-corrected chi connectivity index (χ0v) is 11.0. The highest BCUT2D eigenvalue weighted by Crippen LogP contribution is 2.21. The van der Waals surface area contributed by atoms with Crippen molar-refractivity contribution in [3.63, 3.8) is 0 Å². The molecule has 0 saturated heterocycles. The number of aryl methyl sites for hydroxylation is 1. The van der Waals surface area contributed by atoms with E-state index in [1.807, 2.05) is 0 Å². The summed E-state index contributed by atoms with van der Waals surface area (Å²) in [5.41, 5.74) is -7.13. The second-order valence-corrected chi connectivity index (χ2v) is 4.95. The fourth-order valence-corrected chi connectivity index (χ4v) is 1.73. The Kier molecular flexibility index (Phi) is 1.28. The van der Waals surface area contributed by atoms with Gasteiger partial charge in [0.15, 0.2) is 1.41 Å². The molecule has 2 rings (SSSR count). The van der Waals surface area contributed by atoms with Gasteiger partial charge >= 0.3 is 0 Å². The first-order valence-electron chi connectivity index (χ1n) is 13.5. The normalized spacial score (nSPS) is 28.4. The molecule has 0 saturated carbocycles. The Hall–Kier alpha value is -1.37. The van der Waals surface area contributed by atoms with E-state index in [9.17, 15) is 8.42 Å². The van der Waals surface area contributed by atoms with E-state index in [1.54, 1.807) is 0 Å². The van der Waals surface area contributed by atoms with Crippen molar-refractivity contribution in [2.24, 2.45) is 0 Å². The summed E-state index contributed by atoms with van der Waals surface area (Å²) in [6.07, 6.45) is -2.83. The number of benzene rings is 1. The Morgan fingerprint density at radius 2 is 2.50 bits per heavy atom. The van der Waals surface area contributed by atoms with E-state index in [2.05, 4.69) is 0 Å². The number of nitrogens with zero attached hydrogens (tertiary/aromatic N) is 1. The van der Waals surface area contributed by atoms with Crippen LogP contribution in [0.2, 0.25) is 2.82 Å². The third-order valence-corrected chi connectivity index (χ3v) is 2.80. The number of fused-ring (bicyclic) bond motifs is 1. The van der Waals surface area contributed by atoms with Crippen LogP contribution in [0.5, 0.6) is 0 Å². The van der Waals surface area contributed by atoms with E-state index in [0.717, 1.165) is 7.05 Å². The first kappa shape index (κ1) is 4.32. The predicted octanol–water partition coefficient (Wildman–Crippen LogP) is 1.32. The van der Waals surface area contributed by atoms with Gasteiger partial charge in [0, 0.05) is 40.0 Å². The molecule has 5 nitrogen and oxygen atoms in total. The van der Waals surface area contributed by atoms with Crippen LogP contribution in [0.1, 0.15) is 31.7 Å². The summed E-state index contributed by atoms with van der Waals surface area (Å²) in [6, 6.07) is -3.68. The zero-order valence-electron chi connectivity index (χ0n) is 27.1. The molecule has 0 spiro atoms. The van der Waals surface area contributed by atoms with Crippen LogP contribution in [0.4, 0.5) is 0 Å². The monoisotopic (exact) mass is 312 g/mol. The molecule has 0 fully saturated rings. The third-order valence-electron chi connectivity index (χ3n) is 2.09. The van der Waals surface area contributed by atoms with E-state index >= 15 is 0 Å². The van der Waals surface area contributed by atoms with Crippen LogP contribution in [0.25, 0.3) is 10.9 Å². The van der Waals surface area contributed by atoms with Gasteiger partial charge in [-0.05, 0) is 50.6 Å². The molecule has 0 unspecified atom stereocenters. The van der Waals surface area contributed by atoms with Crippen molar-refractivity contribution < 1.29 is 31.8 Å². The van der Waals surface area contributed by atoms with Gasteiger partial charge in [0.05, 0.1) is 9.82 Å². The van der Waals surface area contributed by atoms with Crippen molar-refractivity contribution in [1.29, 1.82) is 0 Å². The van der Waals surface area contributed by atoms with Crippen molar-refractivity contribution in [3.8, 4) is 0 Å². The van der Waals surface area contributed by atoms with Crippen molar-refractivity contribution in [2.45, 2.75) is 12.1 Å². The molecule has 0 amide bonds. The van der Waals surface area contributed by atoms with Crippen molar-refractivity contribution in [1.82, 2.24) is 14.6 Å². The number of aromatic nitrogens is 1. The summed E-state index contributed by atoms with van der Waals surface area (Å²) in [5.74, 6) is 0. The standard InChI is InChI=1S/C14H21N3O2S/c1-15-20(18,19)10-11-4-5-14-13(8-11)12(9-16-14)6-7-17(2)3/h4-5,8-9,15-16H,6-7,10H2,1-3H3/i1D3,2D3,4D,5D,6D2,7D2,8D,10D2/hD2. The van der Waals surface area contributed by atoms with E-state index in [-0.39, 0.29) is 9.88 Å². The van der Waals surface area contributed by atoms with E-state index in [1.165, 1.54) is 0 Å². The highest BCUT2D eigenvalue weighted by atomic mass is 32.2. The van der Waals surface area contributed by atoms with Crippen LogP contribution in [0.3, 0.4) is 0 Å². The summed E-state index contributed by atoms with van der Waals surface area (Å²) < 4.78 is 157. The highest BCUT2D eigenvalue weighted by Gasteiger charge is 2.11. The van der Waals surface area contributed by atoms with E-state index in [0.29, 0.717) is 6.20 Å². The number of hydrogen-bond donors (Lipinski definition) is 2. The molecule has 0 aliphatic carbocycles. The van der Waals surface area contributed by atoms with Crippen LogP contribution in [0, 0.1) is 0 Å². The minimum absolute atomic E-state index is 0.0517. The van der Waals surface area contributed by atoms with Gasteiger partial charge in [-0.25, -0.2) is 13.1 Å². The maximum Gasteiger partial charge on any atom is 0.215 e. The quantitative estimate of drug-likeness (QED) is 0.845. The lowest BCUT2D eigenvalue weighted by Crippen LogP contribution is -2.20. The molecule has 0 bridgehead atoms. The van der Waals surface area contributed by atoms with Gasteiger partial charge < -0.3 is 9.88 Å². The summed E-state index contributed by atoms with van der Waals surface area (Å²) in [6.45, 7) is -10.3. The molecule has 6 heteroatoms. The Balaban J connectivity index is 3.04. The number of rotatable bonds is 6. The molecule has 110 valence electrons. The van der Waals surface area contributed by atoms with Crippen LogP contribution in [0.15, 0.2) is 24.3 Å². The molecule has 0 atom stereocenters. The van der Waals surface area contributed by atoms with E-state index in [4.69, 9.17) is 23.4 Å². The largest absolute Gasteiger partial charge is 0.361 e. The second kappa shape index (κ2) is 5.95. The van der Waals surface area contributed by atoms with Gasteiger partial charge in [-0.3, -0.25) is 0 Å². The second-order valence-electron chi connectivity index (χ2n) is 3.61. The van der Waals surface area contributed by atoms with Crippen molar-refractivity contribution in [2.75, 3.05) is 27.5 Å². The average Bonchev–Trinajstić information content (AvgIpc) is 3.07. The van der Waals surface area contributed by atoms with Gasteiger partial charge in [-0.2, -0.15) is 0 Å². The third kappa shape index (κ3) is 3.59. The van der Waals surface area contributed by atoms with Crippen molar-refractivity contribution in [3.05, 3.63) is 35.5 Å². The molecule has 20 heavy (non-hydrogen) atoms. The molecular weight excluding hydrogens is 274 g/mol. The van der Waals surface area contributed by atoms with Crippen LogP contribution < -0.4 is 4.72 Å². The fourth-order valence-electron chi connectivity index (χ4n) is 1.33. The number of likely N-dealkylation sites (N-methyl/N-ethyl adjacent to an activating group) is 1. The highest BCUT2D eigenvalue weighted by molar-refractivity contribution is 7.88. The number of hydrogen-bond acceptors (Lipinski definition) is 3. The Morgan fingerprint density at radius 3 is 3.25 bits per heavy atom. The number of nitrogens with one attached hydrogen (secondary N) is 2. The summed E-state index contributed by atoms with van der Waals surface area (Å²) in [5, 5.41) is -0.886. The first-order valence-corrected chi connectivity index (χ1v) is 6.55. The molecule has 1 aromatic heterocycles. The smallest absolute Gasteiger partial charge is 0.215 e. The summed E-state index contributed by atoms with van der Waals surface area (Å²) in [7, 11) is -5.10. The number of sulfonamides is 1. The average molecular weight is 313 g/mol. The topological polar surface area (TPSA) is 65.2 Å². The summed E-state index contributed by atoms with van der Waals surface area (Å²) >= 11 is 0. The minimum atomic E-state index is -5.84. The van der Waals surface area contributed by atoms with Crippen LogP contribution in [-0.2, 0) is 22.1 Å². The van der Waals surface area contributed by atoms with Gasteiger partial charge in [0.1, 0.15) is 1.41 Å². The molecule has 1 aromatic carbocycles. The first-order chi connectivity index (χ1) is 16.2. The van der Waals surface area contributed by atoms with Gasteiger partial charge in [0.2, 0.25) is 10.0 Å². The molecule has 0 aliphatic rings. The molecular formula is C14H21N3O2S. The van der Waals surface area contributed by atoms with Crippen LogP contribution >= 0.6 is 0 Å². The molecule has 0 radical (unpaired) electrons. The van der Waals surface area contributed by atoms with Gasteiger partial charge in [-0.1, -0.05) is 6.04 Å². The fraction of sp³-hybridized carbons (Fsp3) is 0.429. The Bertz CT molecular complexity index is 1330. The molecule has 0 aliphatic heterocycles. The van der Waals surface area contributed by atoms with Gasteiger partial charge in [0.25, 0.3) is 0 Å². The van der Waals surface area contributed by atoms with Crippen LogP contribution in [-0.4, -0.2) is 45.8 Å². The van der Waals surface area contributed by atoms with E-state index < -0.39 is 87.4 Å². The molecule has 1 heterocycles. The zero-order chi connectivity index (χ0) is 29.5. The van der Waals surface area contributed by atoms with Crippen molar-refractivity contribution >= 4 is 20.9 Å². The maximum atomic E-state index is 12.7.